The SMILES string of the molecule is COc1ccc(C(=O)C=Cc2ccccc2Cl)cc1OC. The highest BCUT2D eigenvalue weighted by Crippen LogP contribution is 2.28. The van der Waals surface area contributed by atoms with E-state index in [9.17, 15) is 4.79 Å². The summed E-state index contributed by atoms with van der Waals surface area (Å²) in [7, 11) is 3.09. The molecule has 0 spiro atoms. The highest BCUT2D eigenvalue weighted by molar-refractivity contribution is 6.32. The van der Waals surface area contributed by atoms with Gasteiger partial charge in [-0.1, -0.05) is 29.8 Å². The molecule has 3 nitrogen and oxygen atoms in total. The van der Waals surface area contributed by atoms with Crippen molar-refractivity contribution in [2.45, 2.75) is 0 Å². The minimum Gasteiger partial charge on any atom is -0.493 e. The largest absolute Gasteiger partial charge is 0.493 e. The summed E-state index contributed by atoms with van der Waals surface area (Å²) in [5.74, 6) is 0.981. The van der Waals surface area contributed by atoms with Crippen LogP contribution in [0, 0.1) is 0 Å². The number of allylic oxidation sites excluding steroid dienone is 1. The Morgan fingerprint density at radius 1 is 1.05 bits per heavy atom. The van der Waals surface area contributed by atoms with E-state index in [1.54, 1.807) is 37.5 Å². The zero-order valence-corrected chi connectivity index (χ0v) is 12.6. The number of halogens is 1. The number of methoxy groups -OCH3 is 2. The van der Waals surface area contributed by atoms with Crippen molar-refractivity contribution in [1.29, 1.82) is 0 Å². The number of rotatable bonds is 5. The Bertz CT molecular complexity index is 677. The second-order valence-corrected chi connectivity index (χ2v) is 4.70. The number of ketones is 1. The molecule has 4 heteroatoms. The molecule has 0 unspecified atom stereocenters. The molecule has 0 amide bonds. The molecule has 0 N–H and O–H groups in total. The fraction of sp³-hybridized carbons (Fsp3) is 0.118. The van der Waals surface area contributed by atoms with Gasteiger partial charge in [0.05, 0.1) is 14.2 Å². The summed E-state index contributed by atoms with van der Waals surface area (Å²) in [6, 6.07) is 12.4. The van der Waals surface area contributed by atoms with Crippen LogP contribution in [-0.4, -0.2) is 20.0 Å². The summed E-state index contributed by atoms with van der Waals surface area (Å²) in [5, 5.41) is 0.605. The van der Waals surface area contributed by atoms with E-state index in [1.807, 2.05) is 18.2 Å². The maximum absolute atomic E-state index is 12.2. The predicted molar refractivity (Wildman–Crippen MR) is 84.4 cm³/mol. The molecular weight excluding hydrogens is 288 g/mol. The van der Waals surface area contributed by atoms with Crippen LogP contribution in [0.1, 0.15) is 15.9 Å². The van der Waals surface area contributed by atoms with Crippen LogP contribution in [0.5, 0.6) is 11.5 Å². The summed E-state index contributed by atoms with van der Waals surface area (Å²) < 4.78 is 10.3. The number of hydrogen-bond donors (Lipinski definition) is 0. The predicted octanol–water partition coefficient (Wildman–Crippen LogP) is 4.25. The van der Waals surface area contributed by atoms with Crippen LogP contribution in [0.15, 0.2) is 48.5 Å². The molecule has 0 fully saturated rings. The molecule has 0 aliphatic rings. The van der Waals surface area contributed by atoms with Crippen LogP contribution >= 0.6 is 11.6 Å². The van der Waals surface area contributed by atoms with Crippen LogP contribution < -0.4 is 9.47 Å². The molecule has 2 aromatic carbocycles. The molecule has 0 saturated heterocycles. The molecule has 0 aromatic heterocycles. The van der Waals surface area contributed by atoms with E-state index in [4.69, 9.17) is 21.1 Å². The maximum Gasteiger partial charge on any atom is 0.185 e. The van der Waals surface area contributed by atoms with Crippen molar-refractivity contribution in [3.8, 4) is 11.5 Å². The van der Waals surface area contributed by atoms with Gasteiger partial charge in [0.25, 0.3) is 0 Å². The first-order valence-corrected chi connectivity index (χ1v) is 6.72. The van der Waals surface area contributed by atoms with Crippen molar-refractivity contribution in [2.24, 2.45) is 0 Å². The summed E-state index contributed by atoms with van der Waals surface area (Å²) in [6.07, 6.45) is 3.18. The average Bonchev–Trinajstić information content (AvgIpc) is 2.53. The van der Waals surface area contributed by atoms with E-state index in [2.05, 4.69) is 0 Å². The zero-order chi connectivity index (χ0) is 15.2. The summed E-state index contributed by atoms with van der Waals surface area (Å²) in [6.45, 7) is 0. The van der Waals surface area contributed by atoms with Gasteiger partial charge in [0.15, 0.2) is 17.3 Å². The number of benzene rings is 2. The van der Waals surface area contributed by atoms with Crippen molar-refractivity contribution >= 4 is 23.5 Å². The van der Waals surface area contributed by atoms with Crippen molar-refractivity contribution in [1.82, 2.24) is 0 Å². The van der Waals surface area contributed by atoms with Gasteiger partial charge in [-0.15, -0.1) is 0 Å². The van der Waals surface area contributed by atoms with E-state index in [0.29, 0.717) is 22.1 Å². The topological polar surface area (TPSA) is 35.5 Å². The van der Waals surface area contributed by atoms with Gasteiger partial charge in [-0.05, 0) is 42.0 Å². The van der Waals surface area contributed by atoms with Gasteiger partial charge in [-0.25, -0.2) is 0 Å². The van der Waals surface area contributed by atoms with Crippen molar-refractivity contribution in [3.05, 3.63) is 64.7 Å². The van der Waals surface area contributed by atoms with Crippen LogP contribution in [-0.2, 0) is 0 Å². The molecule has 0 radical (unpaired) electrons. The Morgan fingerprint density at radius 2 is 1.76 bits per heavy atom. The van der Waals surface area contributed by atoms with E-state index < -0.39 is 0 Å². The van der Waals surface area contributed by atoms with Crippen molar-refractivity contribution in [2.75, 3.05) is 14.2 Å². The number of carbonyl (C=O) groups is 1. The van der Waals surface area contributed by atoms with Gasteiger partial charge >= 0.3 is 0 Å². The molecule has 2 aromatic rings. The Hall–Kier alpha value is -2.26. The smallest absolute Gasteiger partial charge is 0.185 e. The molecule has 108 valence electrons. The first-order valence-electron chi connectivity index (χ1n) is 6.34. The summed E-state index contributed by atoms with van der Waals surface area (Å²) in [4.78, 5) is 12.2. The number of ether oxygens (including phenoxy) is 2. The Morgan fingerprint density at radius 3 is 2.43 bits per heavy atom. The lowest BCUT2D eigenvalue weighted by atomic mass is 10.1. The maximum atomic E-state index is 12.2. The average molecular weight is 303 g/mol. The van der Waals surface area contributed by atoms with Crippen LogP contribution in [0.2, 0.25) is 5.02 Å². The second-order valence-electron chi connectivity index (χ2n) is 4.29. The third-order valence-corrected chi connectivity index (χ3v) is 3.33. The van der Waals surface area contributed by atoms with E-state index >= 15 is 0 Å². The molecule has 0 aliphatic heterocycles. The second kappa shape index (κ2) is 6.95. The van der Waals surface area contributed by atoms with Gasteiger partial charge in [-0.2, -0.15) is 0 Å². The molecule has 21 heavy (non-hydrogen) atoms. The highest BCUT2D eigenvalue weighted by Gasteiger charge is 2.08. The summed E-state index contributed by atoms with van der Waals surface area (Å²) in [5.41, 5.74) is 1.32. The van der Waals surface area contributed by atoms with E-state index in [0.717, 1.165) is 5.56 Å². The third kappa shape index (κ3) is 3.64. The minimum atomic E-state index is -0.129. The van der Waals surface area contributed by atoms with Gasteiger partial charge in [0, 0.05) is 10.6 Å². The van der Waals surface area contributed by atoms with Crippen molar-refractivity contribution in [3.63, 3.8) is 0 Å². The highest BCUT2D eigenvalue weighted by atomic mass is 35.5. The van der Waals surface area contributed by atoms with Crippen LogP contribution in [0.4, 0.5) is 0 Å². The first kappa shape index (κ1) is 15.1. The fourth-order valence-corrected chi connectivity index (χ4v) is 2.06. The lowest BCUT2D eigenvalue weighted by Gasteiger charge is -2.08. The van der Waals surface area contributed by atoms with Gasteiger partial charge < -0.3 is 9.47 Å². The van der Waals surface area contributed by atoms with Gasteiger partial charge in [0.2, 0.25) is 0 Å². The monoisotopic (exact) mass is 302 g/mol. The molecule has 0 atom stereocenters. The Kier molecular flexibility index (Phi) is 5.01. The lowest BCUT2D eigenvalue weighted by Crippen LogP contribution is -1.97. The van der Waals surface area contributed by atoms with Crippen LogP contribution in [0.25, 0.3) is 6.08 Å². The molecule has 0 bridgehead atoms. The third-order valence-electron chi connectivity index (χ3n) is 2.99. The summed E-state index contributed by atoms with van der Waals surface area (Å²) >= 11 is 6.04. The number of carbonyl (C=O) groups excluding carboxylic acids is 1. The standard InChI is InChI=1S/C17H15ClO3/c1-20-16-10-8-13(11-17(16)21-2)15(19)9-7-12-5-3-4-6-14(12)18/h3-11H,1-2H3. The van der Waals surface area contributed by atoms with E-state index in [-0.39, 0.29) is 5.78 Å². The van der Waals surface area contributed by atoms with Gasteiger partial charge in [-0.3, -0.25) is 4.79 Å². The van der Waals surface area contributed by atoms with Crippen molar-refractivity contribution < 1.29 is 14.3 Å². The first-order chi connectivity index (χ1) is 10.2. The quantitative estimate of drug-likeness (QED) is 0.612. The van der Waals surface area contributed by atoms with Gasteiger partial charge in [0.1, 0.15) is 0 Å². The lowest BCUT2D eigenvalue weighted by molar-refractivity contribution is 0.104. The Labute approximate surface area is 128 Å². The number of hydrogen-bond acceptors (Lipinski definition) is 3. The normalized spacial score (nSPS) is 10.6. The zero-order valence-electron chi connectivity index (χ0n) is 11.8. The molecule has 2 rings (SSSR count). The van der Waals surface area contributed by atoms with Crippen LogP contribution in [0.3, 0.4) is 0 Å². The Balaban J connectivity index is 2.23. The minimum absolute atomic E-state index is 0.129. The molecule has 0 aliphatic carbocycles. The molecule has 0 heterocycles. The molecular formula is C17H15ClO3. The fourth-order valence-electron chi connectivity index (χ4n) is 1.86. The van der Waals surface area contributed by atoms with E-state index in [1.165, 1.54) is 13.2 Å². The molecule has 0 saturated carbocycles.